The molecule has 27 heavy (non-hydrogen) atoms. The number of thioether (sulfide) groups is 1. The van der Waals surface area contributed by atoms with E-state index < -0.39 is 11.9 Å². The number of rotatable bonds is 8. The molecular formula is C17H19N3O5S2. The first-order chi connectivity index (χ1) is 13.0. The van der Waals surface area contributed by atoms with E-state index in [4.69, 9.17) is 9.47 Å². The Bertz CT molecular complexity index is 823. The third-order valence-electron chi connectivity index (χ3n) is 3.35. The molecule has 2 heterocycles. The standard InChI is InChI=1S/C17H19N3O5S2/c1-4-25-16(23)13-10(2)12(15(22)24-3)14(27-13)20-11(21)6-9-26-17-18-7-5-8-19-17/h5,7-8H,4,6,9H2,1-3H3,(H,20,21). The molecule has 10 heteroatoms. The summed E-state index contributed by atoms with van der Waals surface area (Å²) in [6, 6.07) is 1.71. The van der Waals surface area contributed by atoms with Gasteiger partial charge in [0, 0.05) is 24.6 Å². The van der Waals surface area contributed by atoms with Crippen LogP contribution in [0.5, 0.6) is 0 Å². The predicted molar refractivity (Wildman–Crippen MR) is 102 cm³/mol. The number of hydrogen-bond donors (Lipinski definition) is 1. The molecule has 0 spiro atoms. The average Bonchev–Trinajstić information content (AvgIpc) is 2.98. The summed E-state index contributed by atoms with van der Waals surface area (Å²) in [6.07, 6.45) is 3.45. The number of hydrogen-bond acceptors (Lipinski definition) is 9. The number of nitrogens with zero attached hydrogens (tertiary/aromatic N) is 2. The normalized spacial score (nSPS) is 10.3. The highest BCUT2D eigenvalue weighted by Crippen LogP contribution is 2.34. The Hall–Kier alpha value is -2.46. The van der Waals surface area contributed by atoms with Crippen LogP contribution in [-0.4, -0.2) is 47.3 Å². The van der Waals surface area contributed by atoms with E-state index in [2.05, 4.69) is 15.3 Å². The van der Waals surface area contributed by atoms with Crippen LogP contribution in [0.15, 0.2) is 23.6 Å². The summed E-state index contributed by atoms with van der Waals surface area (Å²) in [6.45, 7) is 3.52. The van der Waals surface area contributed by atoms with E-state index in [-0.39, 0.29) is 34.4 Å². The number of amides is 1. The number of aromatic nitrogens is 2. The molecule has 0 aliphatic carbocycles. The third kappa shape index (κ3) is 5.51. The highest BCUT2D eigenvalue weighted by Gasteiger charge is 2.26. The zero-order chi connectivity index (χ0) is 19.8. The Balaban J connectivity index is 2.09. The third-order valence-corrected chi connectivity index (χ3v) is 5.42. The molecule has 2 rings (SSSR count). The quantitative estimate of drug-likeness (QED) is 0.403. The van der Waals surface area contributed by atoms with Gasteiger partial charge in [-0.15, -0.1) is 11.3 Å². The van der Waals surface area contributed by atoms with Crippen LogP contribution < -0.4 is 5.32 Å². The molecule has 0 unspecified atom stereocenters. The molecule has 0 aliphatic rings. The van der Waals surface area contributed by atoms with Gasteiger partial charge in [0.1, 0.15) is 9.88 Å². The van der Waals surface area contributed by atoms with Gasteiger partial charge in [-0.3, -0.25) is 4.79 Å². The Labute approximate surface area is 164 Å². The lowest BCUT2D eigenvalue weighted by Gasteiger charge is -2.06. The zero-order valence-electron chi connectivity index (χ0n) is 15.1. The number of ether oxygens (including phenoxy) is 2. The van der Waals surface area contributed by atoms with Crippen LogP contribution in [0.4, 0.5) is 5.00 Å². The summed E-state index contributed by atoms with van der Waals surface area (Å²) >= 11 is 2.35. The molecule has 0 aromatic carbocycles. The van der Waals surface area contributed by atoms with Crippen molar-refractivity contribution in [2.45, 2.75) is 25.4 Å². The van der Waals surface area contributed by atoms with Gasteiger partial charge in [-0.2, -0.15) is 0 Å². The van der Waals surface area contributed by atoms with Crippen molar-refractivity contribution in [3.8, 4) is 0 Å². The van der Waals surface area contributed by atoms with Gasteiger partial charge in [-0.1, -0.05) is 11.8 Å². The second kappa shape index (κ2) is 10.0. The van der Waals surface area contributed by atoms with Gasteiger partial charge < -0.3 is 14.8 Å². The van der Waals surface area contributed by atoms with E-state index in [1.54, 1.807) is 32.3 Å². The summed E-state index contributed by atoms with van der Waals surface area (Å²) in [7, 11) is 1.24. The molecule has 1 amide bonds. The number of esters is 2. The molecular weight excluding hydrogens is 390 g/mol. The van der Waals surface area contributed by atoms with Gasteiger partial charge in [-0.05, 0) is 25.5 Å². The van der Waals surface area contributed by atoms with Crippen LogP contribution in [-0.2, 0) is 14.3 Å². The largest absolute Gasteiger partial charge is 0.465 e. The van der Waals surface area contributed by atoms with Crippen molar-refractivity contribution in [2.75, 3.05) is 24.8 Å². The van der Waals surface area contributed by atoms with Crippen molar-refractivity contribution in [2.24, 2.45) is 0 Å². The van der Waals surface area contributed by atoms with Crippen LogP contribution in [0.25, 0.3) is 0 Å². The maximum atomic E-state index is 12.3. The lowest BCUT2D eigenvalue weighted by atomic mass is 10.1. The maximum absolute atomic E-state index is 12.3. The van der Waals surface area contributed by atoms with Gasteiger partial charge >= 0.3 is 11.9 Å². The second-order valence-corrected chi connectivity index (χ2v) is 7.23. The van der Waals surface area contributed by atoms with Crippen molar-refractivity contribution in [1.29, 1.82) is 0 Å². The monoisotopic (exact) mass is 409 g/mol. The van der Waals surface area contributed by atoms with E-state index in [0.717, 1.165) is 11.3 Å². The van der Waals surface area contributed by atoms with Crippen LogP contribution in [0.3, 0.4) is 0 Å². The van der Waals surface area contributed by atoms with E-state index >= 15 is 0 Å². The fourth-order valence-corrected chi connectivity index (χ4v) is 3.97. The minimum absolute atomic E-state index is 0.165. The molecule has 0 saturated carbocycles. The molecule has 0 atom stereocenters. The van der Waals surface area contributed by atoms with Gasteiger partial charge in [0.2, 0.25) is 5.91 Å². The second-order valence-electron chi connectivity index (χ2n) is 5.15. The van der Waals surface area contributed by atoms with Crippen molar-refractivity contribution >= 4 is 45.9 Å². The number of carbonyl (C=O) groups excluding carboxylic acids is 3. The van der Waals surface area contributed by atoms with E-state index in [9.17, 15) is 14.4 Å². The number of thiophene rings is 1. The molecule has 144 valence electrons. The molecule has 0 aliphatic heterocycles. The lowest BCUT2D eigenvalue weighted by Crippen LogP contribution is -2.14. The summed E-state index contributed by atoms with van der Waals surface area (Å²) in [5.41, 5.74) is 0.589. The first-order valence-corrected chi connectivity index (χ1v) is 9.86. The molecule has 8 nitrogen and oxygen atoms in total. The molecule has 1 N–H and O–H groups in total. The minimum Gasteiger partial charge on any atom is -0.465 e. The Kier molecular flexibility index (Phi) is 7.74. The van der Waals surface area contributed by atoms with Gasteiger partial charge in [0.15, 0.2) is 5.16 Å². The summed E-state index contributed by atoms with van der Waals surface area (Å²) in [4.78, 5) is 44.8. The number of anilines is 1. The van der Waals surface area contributed by atoms with E-state index in [1.165, 1.54) is 18.9 Å². The number of nitrogens with one attached hydrogen (secondary N) is 1. The maximum Gasteiger partial charge on any atom is 0.348 e. The highest BCUT2D eigenvalue weighted by atomic mass is 32.2. The lowest BCUT2D eigenvalue weighted by molar-refractivity contribution is -0.115. The highest BCUT2D eigenvalue weighted by molar-refractivity contribution is 7.99. The molecule has 2 aromatic rings. The molecule has 0 bridgehead atoms. The summed E-state index contributed by atoms with van der Waals surface area (Å²) < 4.78 is 9.77. The Morgan fingerprint density at radius 3 is 2.56 bits per heavy atom. The van der Waals surface area contributed by atoms with Crippen LogP contribution in [0.1, 0.15) is 38.9 Å². The number of carbonyl (C=O) groups is 3. The first kappa shape index (κ1) is 20.8. The summed E-state index contributed by atoms with van der Waals surface area (Å²) in [5, 5.41) is 3.54. The van der Waals surface area contributed by atoms with Crippen molar-refractivity contribution in [3.63, 3.8) is 0 Å². The summed E-state index contributed by atoms with van der Waals surface area (Å²) in [5.74, 6) is -0.984. The van der Waals surface area contributed by atoms with Crippen LogP contribution in [0.2, 0.25) is 0 Å². The fourth-order valence-electron chi connectivity index (χ4n) is 2.12. The number of methoxy groups -OCH3 is 1. The van der Waals surface area contributed by atoms with Gasteiger partial charge in [0.05, 0.1) is 19.3 Å². The topological polar surface area (TPSA) is 107 Å². The van der Waals surface area contributed by atoms with Crippen molar-refractivity contribution in [1.82, 2.24) is 9.97 Å². The van der Waals surface area contributed by atoms with Crippen molar-refractivity contribution < 1.29 is 23.9 Å². The zero-order valence-corrected chi connectivity index (χ0v) is 16.7. The van der Waals surface area contributed by atoms with Crippen LogP contribution in [0, 0.1) is 6.92 Å². The first-order valence-electron chi connectivity index (χ1n) is 8.06. The van der Waals surface area contributed by atoms with Gasteiger partial charge in [0.25, 0.3) is 0 Å². The average molecular weight is 409 g/mol. The molecule has 0 radical (unpaired) electrons. The molecule has 2 aromatic heterocycles. The van der Waals surface area contributed by atoms with E-state index in [1.807, 2.05) is 0 Å². The predicted octanol–water partition coefficient (Wildman–Crippen LogP) is 2.93. The van der Waals surface area contributed by atoms with Crippen LogP contribution >= 0.6 is 23.1 Å². The fraction of sp³-hybridized carbons (Fsp3) is 0.353. The molecule has 0 saturated heterocycles. The van der Waals surface area contributed by atoms with Gasteiger partial charge in [-0.25, -0.2) is 19.6 Å². The Morgan fingerprint density at radius 1 is 1.22 bits per heavy atom. The van der Waals surface area contributed by atoms with E-state index in [0.29, 0.717) is 16.5 Å². The minimum atomic E-state index is -0.623. The smallest absolute Gasteiger partial charge is 0.348 e. The van der Waals surface area contributed by atoms with Crippen molar-refractivity contribution in [3.05, 3.63) is 34.5 Å². The SMILES string of the molecule is CCOC(=O)c1sc(NC(=O)CCSc2ncccn2)c(C(=O)OC)c1C. The molecule has 0 fully saturated rings. The Morgan fingerprint density at radius 2 is 1.93 bits per heavy atom.